The summed E-state index contributed by atoms with van der Waals surface area (Å²) in [5, 5.41) is 0.693. The number of fused-ring (bicyclic) bond motifs is 2. The molecule has 184 valence electrons. The van der Waals surface area contributed by atoms with Crippen LogP contribution in [-0.2, 0) is 0 Å². The molecule has 3 aromatic rings. The van der Waals surface area contributed by atoms with Crippen LogP contribution in [0.2, 0.25) is 0 Å². The molecule has 0 aliphatic carbocycles. The normalized spacial score (nSPS) is 12.1. The molecular formula is C25H33ClN4O3S. The van der Waals surface area contributed by atoms with Gasteiger partial charge < -0.3 is 19.3 Å². The number of halogens is 1. The third-order valence-electron chi connectivity index (χ3n) is 6.12. The molecule has 1 aliphatic rings. The van der Waals surface area contributed by atoms with Crippen LogP contribution in [0.1, 0.15) is 38.1 Å². The number of ether oxygens (including phenoxy) is 2. The van der Waals surface area contributed by atoms with Crippen LogP contribution >= 0.6 is 23.7 Å². The predicted octanol–water partition coefficient (Wildman–Crippen LogP) is 5.28. The highest BCUT2D eigenvalue weighted by Gasteiger charge is 2.24. The second-order valence-electron chi connectivity index (χ2n) is 7.87. The van der Waals surface area contributed by atoms with Gasteiger partial charge >= 0.3 is 0 Å². The number of hydrogen-bond donors (Lipinski definition) is 0. The first-order valence-electron chi connectivity index (χ1n) is 11.7. The second kappa shape index (κ2) is 11.7. The van der Waals surface area contributed by atoms with Crippen LogP contribution in [0.15, 0.2) is 36.4 Å². The standard InChI is InChI=1S/C25H32N4O3S.ClH/c1-5-27(6-2)13-14-29(24(30)18-9-11-19(12-10-18)28(7-3)8-4)25-26-20-15-21-22(32-17-31-21)16-23(20)33-25;/h9-12,15-16H,5-8,13-14,17H2,1-4H3;1H. The van der Waals surface area contributed by atoms with Crippen molar-refractivity contribution >= 4 is 50.7 Å². The van der Waals surface area contributed by atoms with Crippen LogP contribution < -0.4 is 19.3 Å². The maximum atomic E-state index is 13.6. The fraction of sp³-hybridized carbons (Fsp3) is 0.440. The van der Waals surface area contributed by atoms with E-state index in [1.165, 1.54) is 11.3 Å². The zero-order chi connectivity index (χ0) is 23.4. The van der Waals surface area contributed by atoms with Gasteiger partial charge in [-0.25, -0.2) is 4.98 Å². The Bertz CT molecular complexity index is 1060. The molecule has 4 rings (SSSR count). The minimum Gasteiger partial charge on any atom is -0.454 e. The van der Waals surface area contributed by atoms with Gasteiger partial charge in [-0.15, -0.1) is 12.4 Å². The molecule has 9 heteroatoms. The molecule has 1 aromatic heterocycles. The Hall–Kier alpha value is -2.55. The van der Waals surface area contributed by atoms with E-state index in [1.807, 2.05) is 41.3 Å². The lowest BCUT2D eigenvalue weighted by Crippen LogP contribution is -2.38. The molecule has 1 aliphatic heterocycles. The van der Waals surface area contributed by atoms with E-state index in [-0.39, 0.29) is 25.1 Å². The first-order valence-corrected chi connectivity index (χ1v) is 12.5. The van der Waals surface area contributed by atoms with E-state index >= 15 is 0 Å². The molecule has 0 radical (unpaired) electrons. The molecule has 7 nitrogen and oxygen atoms in total. The average molecular weight is 505 g/mol. The smallest absolute Gasteiger partial charge is 0.260 e. The summed E-state index contributed by atoms with van der Waals surface area (Å²) < 4.78 is 12.0. The van der Waals surface area contributed by atoms with Gasteiger partial charge in [0.05, 0.1) is 10.2 Å². The SMILES string of the molecule is CCN(CC)CCN(C(=O)c1ccc(N(CC)CC)cc1)c1nc2cc3c(cc2s1)OCO3.Cl. The number of thiazole rings is 1. The van der Waals surface area contributed by atoms with Gasteiger partial charge in [-0.05, 0) is 51.2 Å². The van der Waals surface area contributed by atoms with E-state index in [0.29, 0.717) is 23.0 Å². The fourth-order valence-corrected chi connectivity index (χ4v) is 5.05. The number of carbonyl (C=O) groups excluding carboxylic acids is 1. The van der Waals surface area contributed by atoms with Crippen molar-refractivity contribution in [1.82, 2.24) is 9.88 Å². The Kier molecular flexibility index (Phi) is 8.99. The Labute approximate surface area is 211 Å². The van der Waals surface area contributed by atoms with E-state index in [0.717, 1.165) is 54.4 Å². The highest BCUT2D eigenvalue weighted by molar-refractivity contribution is 7.22. The summed E-state index contributed by atoms with van der Waals surface area (Å²) in [5.74, 6) is 1.39. The average Bonchev–Trinajstić information content (AvgIpc) is 3.47. The minimum absolute atomic E-state index is 0. The molecule has 0 unspecified atom stereocenters. The molecule has 0 fully saturated rings. The molecule has 2 aromatic carbocycles. The summed E-state index contributed by atoms with van der Waals surface area (Å²) in [6.45, 7) is 13.9. The monoisotopic (exact) mass is 504 g/mol. The summed E-state index contributed by atoms with van der Waals surface area (Å²) in [6.07, 6.45) is 0. The van der Waals surface area contributed by atoms with Crippen molar-refractivity contribution in [3.05, 3.63) is 42.0 Å². The van der Waals surface area contributed by atoms with E-state index < -0.39 is 0 Å². The zero-order valence-corrected chi connectivity index (χ0v) is 21.9. The van der Waals surface area contributed by atoms with Crippen molar-refractivity contribution in [2.24, 2.45) is 0 Å². The quantitative estimate of drug-likeness (QED) is 0.374. The number of likely N-dealkylation sites (N-methyl/N-ethyl adjacent to an activating group) is 1. The summed E-state index contributed by atoms with van der Waals surface area (Å²) >= 11 is 1.51. The van der Waals surface area contributed by atoms with Crippen LogP contribution in [0, 0.1) is 0 Å². The number of rotatable bonds is 10. The van der Waals surface area contributed by atoms with E-state index in [9.17, 15) is 4.79 Å². The van der Waals surface area contributed by atoms with Gasteiger partial charge in [0.15, 0.2) is 16.6 Å². The van der Waals surface area contributed by atoms with Crippen LogP contribution in [-0.4, -0.2) is 61.9 Å². The molecule has 2 heterocycles. The Balaban J connectivity index is 0.00000324. The van der Waals surface area contributed by atoms with Gasteiger partial charge in [-0.2, -0.15) is 0 Å². The Morgan fingerprint density at radius 3 is 2.21 bits per heavy atom. The first kappa shape index (κ1) is 26.1. The number of amides is 1. The van der Waals surface area contributed by atoms with Gasteiger partial charge in [0.2, 0.25) is 6.79 Å². The largest absolute Gasteiger partial charge is 0.454 e. The van der Waals surface area contributed by atoms with E-state index in [1.54, 1.807) is 0 Å². The lowest BCUT2D eigenvalue weighted by atomic mass is 10.1. The molecule has 34 heavy (non-hydrogen) atoms. The maximum absolute atomic E-state index is 13.6. The maximum Gasteiger partial charge on any atom is 0.260 e. The van der Waals surface area contributed by atoms with Crippen molar-refractivity contribution in [2.45, 2.75) is 27.7 Å². The van der Waals surface area contributed by atoms with Gasteiger partial charge in [-0.3, -0.25) is 9.69 Å². The fourth-order valence-electron chi connectivity index (χ4n) is 4.05. The lowest BCUT2D eigenvalue weighted by Gasteiger charge is -2.25. The summed E-state index contributed by atoms with van der Waals surface area (Å²) in [7, 11) is 0. The van der Waals surface area contributed by atoms with E-state index in [4.69, 9.17) is 14.5 Å². The van der Waals surface area contributed by atoms with Crippen molar-refractivity contribution in [2.75, 3.05) is 55.9 Å². The van der Waals surface area contributed by atoms with Gasteiger partial charge in [0.25, 0.3) is 5.91 Å². The summed E-state index contributed by atoms with van der Waals surface area (Å²) in [6, 6.07) is 11.7. The van der Waals surface area contributed by atoms with E-state index in [2.05, 4.69) is 37.5 Å². The molecule has 1 amide bonds. The van der Waals surface area contributed by atoms with Gasteiger partial charge in [0.1, 0.15) is 0 Å². The van der Waals surface area contributed by atoms with Crippen LogP contribution in [0.3, 0.4) is 0 Å². The molecule has 0 saturated heterocycles. The van der Waals surface area contributed by atoms with Crippen molar-refractivity contribution < 1.29 is 14.3 Å². The molecule has 0 N–H and O–H groups in total. The highest BCUT2D eigenvalue weighted by atomic mass is 35.5. The summed E-state index contributed by atoms with van der Waals surface area (Å²) in [5.41, 5.74) is 2.61. The Morgan fingerprint density at radius 2 is 1.59 bits per heavy atom. The molecule has 0 spiro atoms. The van der Waals surface area contributed by atoms with Crippen molar-refractivity contribution in [3.63, 3.8) is 0 Å². The predicted molar refractivity (Wildman–Crippen MR) is 142 cm³/mol. The number of nitrogens with zero attached hydrogens (tertiary/aromatic N) is 4. The lowest BCUT2D eigenvalue weighted by molar-refractivity contribution is 0.0984. The second-order valence-corrected chi connectivity index (χ2v) is 8.88. The number of carbonyl (C=O) groups is 1. The van der Waals surface area contributed by atoms with Crippen LogP contribution in [0.25, 0.3) is 10.2 Å². The Morgan fingerprint density at radius 1 is 0.941 bits per heavy atom. The molecule has 0 atom stereocenters. The zero-order valence-electron chi connectivity index (χ0n) is 20.2. The van der Waals surface area contributed by atoms with Gasteiger partial charge in [-0.1, -0.05) is 25.2 Å². The highest BCUT2D eigenvalue weighted by Crippen LogP contribution is 2.40. The van der Waals surface area contributed by atoms with Crippen molar-refractivity contribution in [1.29, 1.82) is 0 Å². The molecular weight excluding hydrogens is 472 g/mol. The number of benzene rings is 2. The van der Waals surface area contributed by atoms with Gasteiger partial charge in [0, 0.05) is 49.6 Å². The number of aromatic nitrogens is 1. The van der Waals surface area contributed by atoms with Crippen LogP contribution in [0.4, 0.5) is 10.8 Å². The summed E-state index contributed by atoms with van der Waals surface area (Å²) in [4.78, 5) is 24.8. The third kappa shape index (κ3) is 5.40. The minimum atomic E-state index is -0.0349. The topological polar surface area (TPSA) is 58.1 Å². The molecule has 0 saturated carbocycles. The van der Waals surface area contributed by atoms with Crippen LogP contribution in [0.5, 0.6) is 11.5 Å². The number of anilines is 2. The molecule has 0 bridgehead atoms. The number of hydrogen-bond acceptors (Lipinski definition) is 7. The third-order valence-corrected chi connectivity index (χ3v) is 7.17. The first-order chi connectivity index (χ1) is 16.1. The van der Waals surface area contributed by atoms with Crippen molar-refractivity contribution in [3.8, 4) is 11.5 Å².